The van der Waals surface area contributed by atoms with Crippen LogP contribution in [0.3, 0.4) is 0 Å². The van der Waals surface area contributed by atoms with E-state index in [-0.39, 0.29) is 5.97 Å². The molecule has 1 aliphatic rings. The summed E-state index contributed by atoms with van der Waals surface area (Å²) in [5.74, 6) is -0.177. The molecule has 6 heteroatoms. The Morgan fingerprint density at radius 3 is 2.55 bits per heavy atom. The summed E-state index contributed by atoms with van der Waals surface area (Å²) in [4.78, 5) is 15.6. The number of para-hydroxylation sites is 1. The minimum Gasteiger partial charge on any atom is -0.469 e. The van der Waals surface area contributed by atoms with Gasteiger partial charge in [0.25, 0.3) is 0 Å². The van der Waals surface area contributed by atoms with Crippen molar-refractivity contribution in [3.8, 4) is 0 Å². The SMILES string of the molecule is COC(=O)CCCNC(=S)N1CCN(c2ccccc2)CC1. The van der Waals surface area contributed by atoms with Crippen LogP contribution in [0.1, 0.15) is 12.8 Å². The van der Waals surface area contributed by atoms with Gasteiger partial charge in [0.1, 0.15) is 0 Å². The van der Waals surface area contributed by atoms with E-state index in [1.165, 1.54) is 12.8 Å². The smallest absolute Gasteiger partial charge is 0.305 e. The molecular weight excluding hydrogens is 298 g/mol. The number of ether oxygens (including phenoxy) is 1. The first kappa shape index (κ1) is 16.5. The highest BCUT2D eigenvalue weighted by Gasteiger charge is 2.18. The maximum absolute atomic E-state index is 11.0. The molecule has 120 valence electrons. The fraction of sp³-hybridized carbons (Fsp3) is 0.500. The number of piperazine rings is 1. The summed E-state index contributed by atoms with van der Waals surface area (Å²) in [6, 6.07) is 10.4. The second-order valence-electron chi connectivity index (χ2n) is 5.22. The Morgan fingerprint density at radius 2 is 1.91 bits per heavy atom. The largest absolute Gasteiger partial charge is 0.469 e. The van der Waals surface area contributed by atoms with Crippen LogP contribution in [-0.2, 0) is 9.53 Å². The first-order chi connectivity index (χ1) is 10.7. The number of carbonyl (C=O) groups excluding carboxylic acids is 1. The summed E-state index contributed by atoms with van der Waals surface area (Å²) >= 11 is 5.42. The molecule has 1 saturated heterocycles. The lowest BCUT2D eigenvalue weighted by Crippen LogP contribution is -2.51. The van der Waals surface area contributed by atoms with Crippen LogP contribution >= 0.6 is 12.2 Å². The Morgan fingerprint density at radius 1 is 1.23 bits per heavy atom. The van der Waals surface area contributed by atoms with Gasteiger partial charge >= 0.3 is 5.97 Å². The van der Waals surface area contributed by atoms with E-state index >= 15 is 0 Å². The fourth-order valence-corrected chi connectivity index (χ4v) is 2.73. The van der Waals surface area contributed by atoms with Gasteiger partial charge in [-0.15, -0.1) is 0 Å². The number of methoxy groups -OCH3 is 1. The minimum atomic E-state index is -0.177. The first-order valence-corrected chi connectivity index (χ1v) is 8.01. The van der Waals surface area contributed by atoms with E-state index < -0.39 is 0 Å². The predicted octanol–water partition coefficient (Wildman–Crippen LogP) is 1.64. The van der Waals surface area contributed by atoms with Crippen LogP contribution < -0.4 is 10.2 Å². The molecular formula is C16H23N3O2S. The van der Waals surface area contributed by atoms with Crippen LogP contribution in [0.15, 0.2) is 30.3 Å². The zero-order chi connectivity index (χ0) is 15.8. The molecule has 0 unspecified atom stereocenters. The molecule has 0 aliphatic carbocycles. The Balaban J connectivity index is 1.68. The molecule has 0 bridgehead atoms. The number of hydrogen-bond acceptors (Lipinski definition) is 4. The molecule has 1 aromatic rings. The lowest BCUT2D eigenvalue weighted by molar-refractivity contribution is -0.140. The summed E-state index contributed by atoms with van der Waals surface area (Å²) in [5, 5.41) is 3.99. The molecule has 1 heterocycles. The van der Waals surface area contributed by atoms with Crippen LogP contribution in [0.25, 0.3) is 0 Å². The number of anilines is 1. The Hall–Kier alpha value is -1.82. The molecule has 1 N–H and O–H groups in total. The van der Waals surface area contributed by atoms with Gasteiger partial charge in [-0.25, -0.2) is 0 Å². The van der Waals surface area contributed by atoms with Crippen molar-refractivity contribution in [3.05, 3.63) is 30.3 Å². The van der Waals surface area contributed by atoms with E-state index in [0.717, 1.165) is 37.7 Å². The second-order valence-corrected chi connectivity index (χ2v) is 5.61. The average Bonchev–Trinajstić information content (AvgIpc) is 2.59. The highest BCUT2D eigenvalue weighted by Crippen LogP contribution is 2.15. The second kappa shape index (κ2) is 8.58. The minimum absolute atomic E-state index is 0.177. The number of thiocarbonyl (C=S) groups is 1. The van der Waals surface area contributed by atoms with Gasteiger partial charge in [-0.05, 0) is 30.8 Å². The van der Waals surface area contributed by atoms with Crippen molar-refractivity contribution in [2.75, 3.05) is 44.7 Å². The molecule has 0 radical (unpaired) electrons. The molecule has 1 aliphatic heterocycles. The van der Waals surface area contributed by atoms with Crippen molar-refractivity contribution in [2.45, 2.75) is 12.8 Å². The van der Waals surface area contributed by atoms with Crippen LogP contribution in [0.5, 0.6) is 0 Å². The topological polar surface area (TPSA) is 44.8 Å². The van der Waals surface area contributed by atoms with Gasteiger partial charge in [0.05, 0.1) is 7.11 Å². The molecule has 0 spiro atoms. The normalized spacial score (nSPS) is 14.6. The average molecular weight is 321 g/mol. The molecule has 0 aromatic heterocycles. The molecule has 5 nitrogen and oxygen atoms in total. The molecule has 22 heavy (non-hydrogen) atoms. The van der Waals surface area contributed by atoms with E-state index in [2.05, 4.69) is 44.1 Å². The molecule has 2 rings (SSSR count). The van der Waals surface area contributed by atoms with Crippen LogP contribution in [0.4, 0.5) is 5.69 Å². The zero-order valence-corrected chi connectivity index (χ0v) is 13.8. The van der Waals surface area contributed by atoms with E-state index in [1.54, 1.807) is 0 Å². The van der Waals surface area contributed by atoms with E-state index in [0.29, 0.717) is 13.0 Å². The maximum Gasteiger partial charge on any atom is 0.305 e. The highest BCUT2D eigenvalue weighted by atomic mass is 32.1. The molecule has 1 aromatic carbocycles. The summed E-state index contributed by atoms with van der Waals surface area (Å²) < 4.78 is 4.61. The Kier molecular flexibility index (Phi) is 6.45. The number of benzene rings is 1. The Labute approximate surface area is 137 Å². The van der Waals surface area contributed by atoms with Gasteiger partial charge in [-0.2, -0.15) is 0 Å². The quantitative estimate of drug-likeness (QED) is 0.505. The van der Waals surface area contributed by atoms with Crippen molar-refractivity contribution in [3.63, 3.8) is 0 Å². The van der Waals surface area contributed by atoms with Crippen molar-refractivity contribution in [2.24, 2.45) is 0 Å². The number of rotatable bonds is 5. The third kappa shape index (κ3) is 4.87. The molecule has 0 saturated carbocycles. The number of nitrogens with one attached hydrogen (secondary N) is 1. The summed E-state index contributed by atoms with van der Waals surface area (Å²) in [6.07, 6.45) is 1.16. The van der Waals surface area contributed by atoms with Crippen molar-refractivity contribution >= 4 is 29.0 Å². The van der Waals surface area contributed by atoms with E-state index in [9.17, 15) is 4.79 Å². The van der Waals surface area contributed by atoms with Gasteiger partial charge < -0.3 is 19.9 Å². The third-order valence-electron chi connectivity index (χ3n) is 3.75. The standard InChI is InChI=1S/C16H23N3O2S/c1-21-15(20)8-5-9-17-16(22)19-12-10-18(11-13-19)14-6-3-2-4-7-14/h2-4,6-7H,5,8-13H2,1H3,(H,17,22). The lowest BCUT2D eigenvalue weighted by Gasteiger charge is -2.37. The monoisotopic (exact) mass is 321 g/mol. The van der Waals surface area contributed by atoms with Crippen LogP contribution in [0, 0.1) is 0 Å². The maximum atomic E-state index is 11.0. The molecule has 0 atom stereocenters. The van der Waals surface area contributed by atoms with Crippen LogP contribution in [0.2, 0.25) is 0 Å². The van der Waals surface area contributed by atoms with Gasteiger partial charge in [0.2, 0.25) is 0 Å². The van der Waals surface area contributed by atoms with Gasteiger partial charge in [-0.1, -0.05) is 18.2 Å². The van der Waals surface area contributed by atoms with Crippen molar-refractivity contribution in [1.82, 2.24) is 10.2 Å². The zero-order valence-electron chi connectivity index (χ0n) is 13.0. The molecule has 1 fully saturated rings. The Bertz CT molecular complexity index is 487. The first-order valence-electron chi connectivity index (χ1n) is 7.60. The number of nitrogens with zero attached hydrogens (tertiary/aromatic N) is 2. The lowest BCUT2D eigenvalue weighted by atomic mass is 10.2. The third-order valence-corrected chi connectivity index (χ3v) is 4.15. The summed E-state index contributed by atoms with van der Waals surface area (Å²) in [7, 11) is 1.41. The van der Waals surface area contributed by atoms with Gasteiger partial charge in [0, 0.05) is 44.8 Å². The van der Waals surface area contributed by atoms with Gasteiger partial charge in [-0.3, -0.25) is 4.79 Å². The van der Waals surface area contributed by atoms with Crippen LogP contribution in [-0.4, -0.2) is 55.8 Å². The highest BCUT2D eigenvalue weighted by molar-refractivity contribution is 7.80. The summed E-state index contributed by atoms with van der Waals surface area (Å²) in [6.45, 7) is 4.46. The fourth-order valence-electron chi connectivity index (χ4n) is 2.45. The molecule has 0 amide bonds. The number of esters is 1. The number of carbonyl (C=O) groups is 1. The van der Waals surface area contributed by atoms with Crippen molar-refractivity contribution in [1.29, 1.82) is 0 Å². The van der Waals surface area contributed by atoms with Gasteiger partial charge in [0.15, 0.2) is 5.11 Å². The van der Waals surface area contributed by atoms with Crippen molar-refractivity contribution < 1.29 is 9.53 Å². The van der Waals surface area contributed by atoms with E-state index in [1.807, 2.05) is 6.07 Å². The summed E-state index contributed by atoms with van der Waals surface area (Å²) in [5.41, 5.74) is 1.26. The number of hydrogen-bond donors (Lipinski definition) is 1. The van der Waals surface area contributed by atoms with E-state index in [4.69, 9.17) is 12.2 Å². The predicted molar refractivity (Wildman–Crippen MR) is 92.1 cm³/mol.